The van der Waals surface area contributed by atoms with E-state index >= 15 is 0 Å². The molecular weight excluding hydrogens is 352 g/mol. The molecule has 0 spiro atoms. The molecule has 1 aliphatic heterocycles. The Balaban J connectivity index is 1.57. The number of ether oxygens (including phenoxy) is 1. The molecule has 1 aromatic carbocycles. The Morgan fingerprint density at radius 2 is 1.67 bits per heavy atom. The van der Waals surface area contributed by atoms with Crippen molar-refractivity contribution in [2.75, 3.05) is 33.3 Å². The first kappa shape index (κ1) is 18.4. The van der Waals surface area contributed by atoms with Gasteiger partial charge in [0.25, 0.3) is 11.5 Å². The summed E-state index contributed by atoms with van der Waals surface area (Å²) in [5, 5.41) is 0. The average molecular weight is 372 g/mol. The number of carbonyl (C=O) groups is 2. The predicted octanol–water partition coefficient (Wildman–Crippen LogP) is -0.401. The molecule has 0 bridgehead atoms. The van der Waals surface area contributed by atoms with E-state index in [1.54, 1.807) is 41.2 Å². The van der Waals surface area contributed by atoms with Crippen LogP contribution in [0.15, 0.2) is 40.1 Å². The summed E-state index contributed by atoms with van der Waals surface area (Å²) in [6.45, 7) is 1.61. The molecule has 1 saturated heterocycles. The summed E-state index contributed by atoms with van der Waals surface area (Å²) >= 11 is 0. The Hall–Kier alpha value is -3.36. The minimum Gasteiger partial charge on any atom is -0.497 e. The second-order valence-corrected chi connectivity index (χ2v) is 6.18. The van der Waals surface area contributed by atoms with Crippen LogP contribution in [0.2, 0.25) is 0 Å². The number of methoxy groups -OCH3 is 1. The molecule has 9 heteroatoms. The number of nitrogens with zero attached hydrogens (tertiary/aromatic N) is 2. The summed E-state index contributed by atoms with van der Waals surface area (Å²) in [6, 6.07) is 6.88. The number of amides is 2. The third-order valence-electron chi connectivity index (χ3n) is 4.49. The van der Waals surface area contributed by atoms with Crippen molar-refractivity contribution in [2.24, 2.45) is 0 Å². The standard InChI is InChI=1S/C18H20N4O5/c1-27-14-4-2-12(3-5-14)17(25)22-8-6-21(7-9-22)15(23)10-13-11-19-18(26)20-16(13)24/h2-5,11H,6-10H2,1H3,(H2,19,20,24,26). The normalized spacial score (nSPS) is 14.1. The number of nitrogens with one attached hydrogen (secondary N) is 2. The van der Waals surface area contributed by atoms with E-state index in [1.807, 2.05) is 0 Å². The van der Waals surface area contributed by atoms with Gasteiger partial charge in [-0.25, -0.2) is 4.79 Å². The predicted molar refractivity (Wildman–Crippen MR) is 96.9 cm³/mol. The summed E-state index contributed by atoms with van der Waals surface area (Å²) < 4.78 is 5.09. The Morgan fingerprint density at radius 1 is 1.04 bits per heavy atom. The minimum atomic E-state index is -0.609. The largest absolute Gasteiger partial charge is 0.497 e. The number of aromatic nitrogens is 2. The van der Waals surface area contributed by atoms with Crippen molar-refractivity contribution in [3.63, 3.8) is 0 Å². The maximum Gasteiger partial charge on any atom is 0.325 e. The molecule has 2 heterocycles. The summed E-state index contributed by atoms with van der Waals surface area (Å²) in [5.41, 5.74) is -0.408. The molecule has 0 saturated carbocycles. The van der Waals surface area contributed by atoms with Crippen LogP contribution in [0.3, 0.4) is 0 Å². The van der Waals surface area contributed by atoms with Crippen molar-refractivity contribution in [1.82, 2.24) is 19.8 Å². The van der Waals surface area contributed by atoms with Crippen LogP contribution in [-0.4, -0.2) is 64.9 Å². The fraction of sp³-hybridized carbons (Fsp3) is 0.333. The number of hydrogen-bond acceptors (Lipinski definition) is 5. The van der Waals surface area contributed by atoms with Crippen molar-refractivity contribution in [2.45, 2.75) is 6.42 Å². The van der Waals surface area contributed by atoms with Gasteiger partial charge in [-0.15, -0.1) is 0 Å². The van der Waals surface area contributed by atoms with E-state index in [2.05, 4.69) is 9.97 Å². The minimum absolute atomic E-state index is 0.0955. The van der Waals surface area contributed by atoms with E-state index in [0.717, 1.165) is 0 Å². The van der Waals surface area contributed by atoms with Gasteiger partial charge in [-0.1, -0.05) is 0 Å². The van der Waals surface area contributed by atoms with E-state index in [1.165, 1.54) is 6.20 Å². The van der Waals surface area contributed by atoms with Crippen LogP contribution in [-0.2, 0) is 11.2 Å². The highest BCUT2D eigenvalue weighted by atomic mass is 16.5. The van der Waals surface area contributed by atoms with Crippen LogP contribution in [0, 0.1) is 0 Å². The number of carbonyl (C=O) groups excluding carboxylic acids is 2. The van der Waals surface area contributed by atoms with Gasteiger partial charge in [0.2, 0.25) is 5.91 Å². The first-order valence-corrected chi connectivity index (χ1v) is 8.50. The molecule has 2 aromatic rings. The van der Waals surface area contributed by atoms with Gasteiger partial charge in [0, 0.05) is 43.5 Å². The van der Waals surface area contributed by atoms with Crippen LogP contribution >= 0.6 is 0 Å². The summed E-state index contributed by atoms with van der Waals surface area (Å²) in [6.07, 6.45) is 1.15. The summed E-state index contributed by atoms with van der Waals surface area (Å²) in [5.74, 6) is 0.366. The van der Waals surface area contributed by atoms with Crippen molar-refractivity contribution < 1.29 is 14.3 Å². The van der Waals surface area contributed by atoms with Gasteiger partial charge in [0.1, 0.15) is 5.75 Å². The zero-order valence-corrected chi connectivity index (χ0v) is 14.9. The highest BCUT2D eigenvalue weighted by Gasteiger charge is 2.25. The molecule has 1 fully saturated rings. The molecule has 2 N–H and O–H groups in total. The van der Waals surface area contributed by atoms with Gasteiger partial charge in [-0.3, -0.25) is 19.4 Å². The van der Waals surface area contributed by atoms with Crippen LogP contribution in [0.5, 0.6) is 5.75 Å². The fourth-order valence-electron chi connectivity index (χ4n) is 2.92. The lowest BCUT2D eigenvalue weighted by molar-refractivity contribution is -0.131. The summed E-state index contributed by atoms with van der Waals surface area (Å²) in [4.78, 5) is 55.4. The first-order chi connectivity index (χ1) is 13.0. The van der Waals surface area contributed by atoms with Gasteiger partial charge >= 0.3 is 5.69 Å². The quantitative estimate of drug-likeness (QED) is 0.758. The first-order valence-electron chi connectivity index (χ1n) is 8.50. The molecule has 0 atom stereocenters. The molecule has 1 aliphatic rings. The Bertz CT molecular complexity index is 939. The monoisotopic (exact) mass is 372 g/mol. The summed E-state index contributed by atoms with van der Waals surface area (Å²) in [7, 11) is 1.56. The second kappa shape index (κ2) is 7.90. The highest BCUT2D eigenvalue weighted by molar-refractivity contribution is 5.94. The molecule has 1 aromatic heterocycles. The van der Waals surface area contributed by atoms with Crippen LogP contribution in [0.1, 0.15) is 15.9 Å². The van der Waals surface area contributed by atoms with Gasteiger partial charge in [-0.05, 0) is 24.3 Å². The van der Waals surface area contributed by atoms with E-state index in [-0.39, 0.29) is 23.8 Å². The lowest BCUT2D eigenvalue weighted by Gasteiger charge is -2.34. The number of hydrogen-bond donors (Lipinski definition) is 2. The van der Waals surface area contributed by atoms with E-state index in [9.17, 15) is 19.2 Å². The average Bonchev–Trinajstić information content (AvgIpc) is 2.69. The third kappa shape index (κ3) is 4.25. The van der Waals surface area contributed by atoms with Crippen LogP contribution in [0.4, 0.5) is 0 Å². The molecule has 9 nitrogen and oxygen atoms in total. The third-order valence-corrected chi connectivity index (χ3v) is 4.49. The van der Waals surface area contributed by atoms with Gasteiger partial charge < -0.3 is 19.5 Å². The van der Waals surface area contributed by atoms with Crippen LogP contribution in [0.25, 0.3) is 0 Å². The van der Waals surface area contributed by atoms with E-state index in [4.69, 9.17) is 4.74 Å². The maximum absolute atomic E-state index is 12.5. The van der Waals surface area contributed by atoms with Gasteiger partial charge in [-0.2, -0.15) is 0 Å². The van der Waals surface area contributed by atoms with Crippen molar-refractivity contribution in [3.8, 4) is 5.75 Å². The SMILES string of the molecule is COc1ccc(C(=O)N2CCN(C(=O)Cc3c[nH]c(=O)[nH]c3=O)CC2)cc1. The Morgan fingerprint density at radius 3 is 2.26 bits per heavy atom. The highest BCUT2D eigenvalue weighted by Crippen LogP contribution is 2.14. The fourth-order valence-corrected chi connectivity index (χ4v) is 2.92. The second-order valence-electron chi connectivity index (χ2n) is 6.18. The van der Waals surface area contributed by atoms with Crippen LogP contribution < -0.4 is 16.0 Å². The molecule has 0 radical (unpaired) electrons. The van der Waals surface area contributed by atoms with Gasteiger partial charge in [0.05, 0.1) is 13.5 Å². The Labute approximate surface area is 154 Å². The van der Waals surface area contributed by atoms with Crippen molar-refractivity contribution >= 4 is 11.8 Å². The van der Waals surface area contributed by atoms with E-state index < -0.39 is 11.2 Å². The van der Waals surface area contributed by atoms with Crippen molar-refractivity contribution in [1.29, 1.82) is 0 Å². The molecular formula is C18H20N4O5. The Kier molecular flexibility index (Phi) is 5.39. The van der Waals surface area contributed by atoms with Crippen molar-refractivity contribution in [3.05, 3.63) is 62.4 Å². The van der Waals surface area contributed by atoms with Gasteiger partial charge in [0.15, 0.2) is 0 Å². The number of H-pyrrole nitrogens is 2. The number of piperazine rings is 1. The number of rotatable bonds is 4. The topological polar surface area (TPSA) is 116 Å². The molecule has 2 amide bonds. The molecule has 3 rings (SSSR count). The number of benzene rings is 1. The number of aromatic amines is 2. The molecule has 0 unspecified atom stereocenters. The zero-order valence-electron chi connectivity index (χ0n) is 14.9. The zero-order chi connectivity index (χ0) is 19.4. The molecule has 27 heavy (non-hydrogen) atoms. The lowest BCUT2D eigenvalue weighted by atomic mass is 10.1. The molecule has 142 valence electrons. The lowest BCUT2D eigenvalue weighted by Crippen LogP contribution is -2.51. The smallest absolute Gasteiger partial charge is 0.325 e. The maximum atomic E-state index is 12.5. The van der Waals surface area contributed by atoms with E-state index in [0.29, 0.717) is 37.5 Å². The molecule has 0 aliphatic carbocycles.